The standard InChI is InChI=1S/C12H14BrNO3/c1-17-12(16)8-4-5-10(13)9(7-8)11(15)3-2-6-14/h4-5,7H,2-3,6,14H2,1H3. The van der Waals surface area contributed by atoms with Gasteiger partial charge in [-0.25, -0.2) is 4.79 Å². The lowest BCUT2D eigenvalue weighted by molar-refractivity contribution is 0.0600. The molecule has 0 aliphatic rings. The van der Waals surface area contributed by atoms with Gasteiger partial charge in [0.2, 0.25) is 0 Å². The molecule has 0 fully saturated rings. The van der Waals surface area contributed by atoms with E-state index in [9.17, 15) is 9.59 Å². The Morgan fingerprint density at radius 1 is 1.41 bits per heavy atom. The van der Waals surface area contributed by atoms with Crippen molar-refractivity contribution in [3.05, 3.63) is 33.8 Å². The first-order chi connectivity index (χ1) is 8.10. The van der Waals surface area contributed by atoms with Gasteiger partial charge in [0.25, 0.3) is 0 Å². The molecule has 2 N–H and O–H groups in total. The number of Topliss-reactive ketones (excluding diaryl/α,β-unsaturated/α-hetero) is 1. The van der Waals surface area contributed by atoms with Crippen molar-refractivity contribution in [1.29, 1.82) is 0 Å². The van der Waals surface area contributed by atoms with Crippen LogP contribution in [0.25, 0.3) is 0 Å². The first-order valence-corrected chi connectivity index (χ1v) is 6.00. The first kappa shape index (κ1) is 13.9. The van der Waals surface area contributed by atoms with Gasteiger partial charge in [-0.1, -0.05) is 15.9 Å². The molecule has 0 aliphatic heterocycles. The highest BCUT2D eigenvalue weighted by Gasteiger charge is 2.13. The van der Waals surface area contributed by atoms with Crippen LogP contribution in [0.3, 0.4) is 0 Å². The van der Waals surface area contributed by atoms with E-state index >= 15 is 0 Å². The predicted octanol–water partition coefficient (Wildman–Crippen LogP) is 2.16. The highest BCUT2D eigenvalue weighted by molar-refractivity contribution is 9.10. The zero-order chi connectivity index (χ0) is 12.8. The maximum absolute atomic E-state index is 11.8. The maximum atomic E-state index is 11.8. The van der Waals surface area contributed by atoms with Gasteiger partial charge in [-0.15, -0.1) is 0 Å². The molecule has 1 rings (SSSR count). The fourth-order valence-electron chi connectivity index (χ4n) is 1.38. The fourth-order valence-corrected chi connectivity index (χ4v) is 1.85. The number of hydrogen-bond donors (Lipinski definition) is 1. The summed E-state index contributed by atoms with van der Waals surface area (Å²) < 4.78 is 5.28. The van der Waals surface area contributed by atoms with Crippen molar-refractivity contribution >= 4 is 27.7 Å². The quantitative estimate of drug-likeness (QED) is 0.668. The molecule has 0 amide bonds. The number of nitrogens with two attached hydrogens (primary N) is 1. The molecule has 5 heteroatoms. The second-order valence-electron chi connectivity index (χ2n) is 3.50. The first-order valence-electron chi connectivity index (χ1n) is 5.21. The molecule has 0 atom stereocenters. The van der Waals surface area contributed by atoms with E-state index < -0.39 is 5.97 Å². The zero-order valence-electron chi connectivity index (χ0n) is 9.53. The van der Waals surface area contributed by atoms with Crippen molar-refractivity contribution in [3.8, 4) is 0 Å². The molecule has 0 saturated carbocycles. The summed E-state index contributed by atoms with van der Waals surface area (Å²) in [5, 5.41) is 0. The number of carbonyl (C=O) groups excluding carboxylic acids is 2. The van der Waals surface area contributed by atoms with Crippen molar-refractivity contribution in [2.24, 2.45) is 5.73 Å². The number of methoxy groups -OCH3 is 1. The second kappa shape index (κ2) is 6.51. The van der Waals surface area contributed by atoms with Gasteiger partial charge in [-0.2, -0.15) is 0 Å². The van der Waals surface area contributed by atoms with E-state index in [0.29, 0.717) is 35.0 Å². The molecule has 0 heterocycles. The number of benzene rings is 1. The topological polar surface area (TPSA) is 69.4 Å². The Hall–Kier alpha value is -1.20. The van der Waals surface area contributed by atoms with Crippen molar-refractivity contribution < 1.29 is 14.3 Å². The van der Waals surface area contributed by atoms with Gasteiger partial charge in [-0.05, 0) is 31.2 Å². The van der Waals surface area contributed by atoms with Crippen LogP contribution in [0.4, 0.5) is 0 Å². The molecule has 0 aromatic heterocycles. The number of rotatable bonds is 5. The van der Waals surface area contributed by atoms with Crippen LogP contribution in [-0.2, 0) is 4.74 Å². The van der Waals surface area contributed by atoms with Crippen LogP contribution < -0.4 is 5.73 Å². The van der Waals surface area contributed by atoms with E-state index in [0.717, 1.165) is 0 Å². The third kappa shape index (κ3) is 3.64. The Kier molecular flexibility index (Phi) is 5.31. The Balaban J connectivity index is 2.98. The highest BCUT2D eigenvalue weighted by atomic mass is 79.9. The molecule has 0 bridgehead atoms. The molecule has 17 heavy (non-hydrogen) atoms. The number of esters is 1. The molecule has 92 valence electrons. The summed E-state index contributed by atoms with van der Waals surface area (Å²) >= 11 is 3.29. The molecule has 0 aliphatic carbocycles. The Bertz CT molecular complexity index is 432. The molecule has 0 radical (unpaired) electrons. The minimum Gasteiger partial charge on any atom is -0.465 e. The minimum absolute atomic E-state index is 0.0342. The average molecular weight is 300 g/mol. The summed E-state index contributed by atoms with van der Waals surface area (Å²) in [5.74, 6) is -0.488. The van der Waals surface area contributed by atoms with Crippen LogP contribution in [0, 0.1) is 0 Å². The van der Waals surface area contributed by atoms with E-state index in [1.54, 1.807) is 12.1 Å². The van der Waals surface area contributed by atoms with Crippen molar-refractivity contribution in [1.82, 2.24) is 0 Å². The highest BCUT2D eigenvalue weighted by Crippen LogP contribution is 2.20. The van der Waals surface area contributed by atoms with Crippen molar-refractivity contribution in [2.75, 3.05) is 13.7 Å². The Labute approximate surface area is 108 Å². The van der Waals surface area contributed by atoms with E-state index in [4.69, 9.17) is 5.73 Å². The molecule has 1 aromatic rings. The number of carbonyl (C=O) groups is 2. The van der Waals surface area contributed by atoms with Crippen LogP contribution in [-0.4, -0.2) is 25.4 Å². The van der Waals surface area contributed by atoms with E-state index in [1.807, 2.05) is 0 Å². The van der Waals surface area contributed by atoms with Gasteiger partial charge in [0.1, 0.15) is 0 Å². The summed E-state index contributed by atoms with van der Waals surface area (Å²) in [6.07, 6.45) is 1.01. The number of ketones is 1. The molecule has 0 unspecified atom stereocenters. The summed E-state index contributed by atoms with van der Waals surface area (Å²) in [4.78, 5) is 23.2. The summed E-state index contributed by atoms with van der Waals surface area (Å²) in [5.41, 5.74) is 6.21. The van der Waals surface area contributed by atoms with Crippen LogP contribution in [0.15, 0.2) is 22.7 Å². The molecular weight excluding hydrogens is 286 g/mol. The van der Waals surface area contributed by atoms with Gasteiger partial charge in [0, 0.05) is 16.5 Å². The van der Waals surface area contributed by atoms with Gasteiger partial charge >= 0.3 is 5.97 Å². The lowest BCUT2D eigenvalue weighted by Gasteiger charge is -2.06. The van der Waals surface area contributed by atoms with Crippen molar-refractivity contribution in [2.45, 2.75) is 12.8 Å². The van der Waals surface area contributed by atoms with Crippen molar-refractivity contribution in [3.63, 3.8) is 0 Å². The lowest BCUT2D eigenvalue weighted by Crippen LogP contribution is -2.08. The van der Waals surface area contributed by atoms with Crippen LogP contribution in [0.2, 0.25) is 0 Å². The summed E-state index contributed by atoms with van der Waals surface area (Å²) in [7, 11) is 1.31. The van der Waals surface area contributed by atoms with Gasteiger partial charge in [-0.3, -0.25) is 4.79 Å². The lowest BCUT2D eigenvalue weighted by atomic mass is 10.0. The van der Waals surface area contributed by atoms with Gasteiger partial charge < -0.3 is 10.5 Å². The van der Waals surface area contributed by atoms with Crippen LogP contribution in [0.5, 0.6) is 0 Å². The number of ether oxygens (including phenoxy) is 1. The molecule has 4 nitrogen and oxygen atoms in total. The second-order valence-corrected chi connectivity index (χ2v) is 4.36. The average Bonchev–Trinajstić information content (AvgIpc) is 2.35. The molecule has 0 saturated heterocycles. The fraction of sp³-hybridized carbons (Fsp3) is 0.333. The zero-order valence-corrected chi connectivity index (χ0v) is 11.1. The maximum Gasteiger partial charge on any atom is 0.337 e. The minimum atomic E-state index is -0.453. The Morgan fingerprint density at radius 2 is 2.12 bits per heavy atom. The van der Waals surface area contributed by atoms with Crippen LogP contribution >= 0.6 is 15.9 Å². The molecule has 1 aromatic carbocycles. The van der Waals surface area contributed by atoms with Gasteiger partial charge in [0.05, 0.1) is 12.7 Å². The number of hydrogen-bond acceptors (Lipinski definition) is 4. The normalized spacial score (nSPS) is 10.1. The van der Waals surface area contributed by atoms with E-state index in [1.165, 1.54) is 13.2 Å². The summed E-state index contributed by atoms with van der Waals surface area (Å²) in [6.45, 7) is 0.472. The largest absolute Gasteiger partial charge is 0.465 e. The summed E-state index contributed by atoms with van der Waals surface area (Å²) in [6, 6.07) is 4.81. The third-order valence-electron chi connectivity index (χ3n) is 2.30. The third-order valence-corrected chi connectivity index (χ3v) is 2.99. The van der Waals surface area contributed by atoms with Crippen LogP contribution in [0.1, 0.15) is 33.6 Å². The number of halogens is 1. The Morgan fingerprint density at radius 3 is 2.71 bits per heavy atom. The molecule has 0 spiro atoms. The predicted molar refractivity (Wildman–Crippen MR) is 68.1 cm³/mol. The van der Waals surface area contributed by atoms with E-state index in [2.05, 4.69) is 20.7 Å². The smallest absolute Gasteiger partial charge is 0.337 e. The SMILES string of the molecule is COC(=O)c1ccc(Br)c(C(=O)CCCN)c1. The monoisotopic (exact) mass is 299 g/mol. The van der Waals surface area contributed by atoms with E-state index in [-0.39, 0.29) is 5.78 Å². The molecular formula is C12H14BrNO3. The van der Waals surface area contributed by atoms with Gasteiger partial charge in [0.15, 0.2) is 5.78 Å².